The van der Waals surface area contributed by atoms with Gasteiger partial charge in [-0.15, -0.1) is 0 Å². The maximum atomic E-state index is 2.57. The van der Waals surface area contributed by atoms with E-state index in [2.05, 4.69) is 33.8 Å². The van der Waals surface area contributed by atoms with Crippen molar-refractivity contribution >= 4 is 0 Å². The first-order valence-corrected chi connectivity index (χ1v) is 6.65. The van der Waals surface area contributed by atoms with Crippen molar-refractivity contribution in [1.29, 1.82) is 0 Å². The lowest BCUT2D eigenvalue weighted by molar-refractivity contribution is 0.128. The first kappa shape index (κ1) is 9.93. The summed E-state index contributed by atoms with van der Waals surface area (Å²) >= 11 is 0. The summed E-state index contributed by atoms with van der Waals surface area (Å²) in [5.41, 5.74) is 2.96. The first-order chi connectivity index (χ1) is 6.98. The van der Waals surface area contributed by atoms with Crippen LogP contribution in [0.25, 0.3) is 0 Å². The summed E-state index contributed by atoms with van der Waals surface area (Å²) in [6.45, 7) is 9.94. The Balaban J connectivity index is 2.11. The molecule has 0 heterocycles. The highest BCUT2D eigenvalue weighted by molar-refractivity contribution is 5.25. The van der Waals surface area contributed by atoms with E-state index in [0.717, 1.165) is 17.8 Å². The second kappa shape index (κ2) is 2.70. The van der Waals surface area contributed by atoms with Crippen LogP contribution in [0.4, 0.5) is 0 Å². The van der Waals surface area contributed by atoms with E-state index in [1.165, 1.54) is 25.7 Å². The van der Waals surface area contributed by atoms with E-state index in [1.54, 1.807) is 5.57 Å². The maximum Gasteiger partial charge on any atom is -0.0146 e. The number of hydrogen-bond donors (Lipinski definition) is 0. The number of hydrogen-bond acceptors (Lipinski definition) is 0. The second-order valence-electron chi connectivity index (χ2n) is 6.99. The molecule has 0 aromatic rings. The zero-order valence-corrected chi connectivity index (χ0v) is 10.6. The lowest BCUT2D eigenvalue weighted by Gasteiger charge is -2.36. The minimum atomic E-state index is 0.571. The van der Waals surface area contributed by atoms with E-state index < -0.39 is 0 Å². The topological polar surface area (TPSA) is 0 Å². The van der Waals surface area contributed by atoms with Gasteiger partial charge < -0.3 is 0 Å². The third-order valence-corrected chi connectivity index (χ3v) is 6.30. The minimum Gasteiger partial charge on any atom is -0.0847 e. The van der Waals surface area contributed by atoms with Gasteiger partial charge in [0.2, 0.25) is 0 Å². The smallest absolute Gasteiger partial charge is 0.0146 e. The van der Waals surface area contributed by atoms with Crippen molar-refractivity contribution in [2.24, 2.45) is 28.6 Å². The van der Waals surface area contributed by atoms with E-state index >= 15 is 0 Å². The van der Waals surface area contributed by atoms with Gasteiger partial charge in [-0.1, -0.05) is 32.4 Å². The molecule has 0 unspecified atom stereocenters. The number of allylic oxidation sites excluding steroid dienone is 2. The molecule has 2 bridgehead atoms. The average molecular weight is 204 g/mol. The molecule has 0 aromatic heterocycles. The van der Waals surface area contributed by atoms with Gasteiger partial charge in [-0.3, -0.25) is 0 Å². The molecule has 1 spiro atoms. The molecule has 0 amide bonds. The Morgan fingerprint density at radius 2 is 2.00 bits per heavy atom. The molecule has 0 saturated heterocycles. The Hall–Kier alpha value is -0.260. The molecular formula is C15H24. The van der Waals surface area contributed by atoms with Gasteiger partial charge in [-0.2, -0.15) is 0 Å². The van der Waals surface area contributed by atoms with E-state index in [0.29, 0.717) is 10.8 Å². The van der Waals surface area contributed by atoms with Crippen LogP contribution in [-0.2, 0) is 0 Å². The molecule has 2 fully saturated rings. The van der Waals surface area contributed by atoms with Crippen LogP contribution in [0.1, 0.15) is 53.4 Å². The molecule has 0 aromatic carbocycles. The van der Waals surface area contributed by atoms with Crippen LogP contribution in [0, 0.1) is 28.6 Å². The Morgan fingerprint density at radius 3 is 2.73 bits per heavy atom. The SMILES string of the molecule is CC1=CC[C@@]23C[C@H]1C(C)(C)[C@H]2CC[C@H]3C. The predicted molar refractivity (Wildman–Crippen MR) is 64.6 cm³/mol. The molecule has 0 aliphatic heterocycles. The van der Waals surface area contributed by atoms with Gasteiger partial charge in [-0.25, -0.2) is 0 Å². The minimum absolute atomic E-state index is 0.571. The maximum absolute atomic E-state index is 2.57. The summed E-state index contributed by atoms with van der Waals surface area (Å²) in [4.78, 5) is 0. The second-order valence-corrected chi connectivity index (χ2v) is 6.99. The van der Waals surface area contributed by atoms with Crippen LogP contribution in [0.5, 0.6) is 0 Å². The molecule has 3 rings (SSSR count). The van der Waals surface area contributed by atoms with Crippen LogP contribution in [0.2, 0.25) is 0 Å². The van der Waals surface area contributed by atoms with Crippen molar-refractivity contribution in [1.82, 2.24) is 0 Å². The van der Waals surface area contributed by atoms with E-state index in [-0.39, 0.29) is 0 Å². The largest absolute Gasteiger partial charge is 0.0847 e. The Morgan fingerprint density at radius 1 is 1.27 bits per heavy atom. The summed E-state index contributed by atoms with van der Waals surface area (Å²) in [7, 11) is 0. The summed E-state index contributed by atoms with van der Waals surface area (Å²) < 4.78 is 0. The van der Waals surface area contributed by atoms with Crippen molar-refractivity contribution in [3.8, 4) is 0 Å². The molecule has 0 radical (unpaired) electrons. The van der Waals surface area contributed by atoms with Crippen molar-refractivity contribution < 1.29 is 0 Å². The standard InChI is InChI=1S/C15H24/c1-10-7-8-15-9-12(10)14(3,4)13(15)6-5-11(15)2/h7,11-13H,5-6,8-9H2,1-4H3/t11-,12-,13-,15+/m1/s1. The molecular weight excluding hydrogens is 180 g/mol. The van der Waals surface area contributed by atoms with Gasteiger partial charge in [-0.05, 0) is 61.2 Å². The van der Waals surface area contributed by atoms with Crippen LogP contribution in [-0.4, -0.2) is 0 Å². The van der Waals surface area contributed by atoms with Crippen molar-refractivity contribution in [3.63, 3.8) is 0 Å². The van der Waals surface area contributed by atoms with Gasteiger partial charge >= 0.3 is 0 Å². The Labute approximate surface area is 94.1 Å². The Kier molecular flexibility index (Phi) is 1.79. The summed E-state index contributed by atoms with van der Waals surface area (Å²) in [5, 5.41) is 0. The molecule has 0 nitrogen and oxygen atoms in total. The van der Waals surface area contributed by atoms with Crippen LogP contribution in [0.15, 0.2) is 11.6 Å². The number of fused-ring (bicyclic) bond motifs is 1. The third kappa shape index (κ3) is 0.990. The molecule has 3 aliphatic rings. The fourth-order valence-electron chi connectivity index (χ4n) is 5.35. The third-order valence-electron chi connectivity index (χ3n) is 6.30. The zero-order valence-electron chi connectivity index (χ0n) is 10.6. The van der Waals surface area contributed by atoms with Crippen molar-refractivity contribution in [2.75, 3.05) is 0 Å². The van der Waals surface area contributed by atoms with Crippen LogP contribution < -0.4 is 0 Å². The summed E-state index contributed by atoms with van der Waals surface area (Å²) in [5.74, 6) is 2.86. The fourth-order valence-corrected chi connectivity index (χ4v) is 5.35. The summed E-state index contributed by atoms with van der Waals surface area (Å²) in [6.07, 6.45) is 8.41. The molecule has 2 saturated carbocycles. The quantitative estimate of drug-likeness (QED) is 0.513. The Bertz CT molecular complexity index is 323. The predicted octanol–water partition coefficient (Wildman–Crippen LogP) is 4.42. The van der Waals surface area contributed by atoms with Gasteiger partial charge in [0.15, 0.2) is 0 Å². The van der Waals surface area contributed by atoms with Crippen molar-refractivity contribution in [2.45, 2.75) is 53.4 Å². The fraction of sp³-hybridized carbons (Fsp3) is 0.867. The van der Waals surface area contributed by atoms with Gasteiger partial charge in [0, 0.05) is 0 Å². The molecule has 0 heteroatoms. The first-order valence-electron chi connectivity index (χ1n) is 6.65. The van der Waals surface area contributed by atoms with E-state index in [4.69, 9.17) is 0 Å². The highest BCUT2D eigenvalue weighted by Crippen LogP contribution is 2.71. The molecule has 4 atom stereocenters. The molecule has 0 N–H and O–H groups in total. The van der Waals surface area contributed by atoms with E-state index in [9.17, 15) is 0 Å². The van der Waals surface area contributed by atoms with Gasteiger partial charge in [0.1, 0.15) is 0 Å². The monoisotopic (exact) mass is 204 g/mol. The highest BCUT2D eigenvalue weighted by Gasteiger charge is 2.62. The summed E-state index contributed by atoms with van der Waals surface area (Å²) in [6, 6.07) is 0. The lowest BCUT2D eigenvalue weighted by Crippen LogP contribution is -2.30. The molecule has 84 valence electrons. The van der Waals surface area contributed by atoms with Gasteiger partial charge in [0.25, 0.3) is 0 Å². The average Bonchev–Trinajstić information content (AvgIpc) is 2.57. The molecule has 3 aliphatic carbocycles. The normalized spacial score (nSPS) is 51.5. The molecule has 15 heavy (non-hydrogen) atoms. The van der Waals surface area contributed by atoms with Crippen LogP contribution >= 0.6 is 0 Å². The lowest BCUT2D eigenvalue weighted by atomic mass is 9.68. The zero-order chi connectivity index (χ0) is 10.8. The van der Waals surface area contributed by atoms with Gasteiger partial charge in [0.05, 0.1) is 0 Å². The highest BCUT2D eigenvalue weighted by atomic mass is 14.7. The van der Waals surface area contributed by atoms with Crippen molar-refractivity contribution in [3.05, 3.63) is 11.6 Å². The van der Waals surface area contributed by atoms with Crippen LogP contribution in [0.3, 0.4) is 0 Å². The van der Waals surface area contributed by atoms with E-state index in [1.807, 2.05) is 0 Å². The number of rotatable bonds is 0.